The van der Waals surface area contributed by atoms with Crippen molar-refractivity contribution in [3.05, 3.63) is 72.4 Å². The summed E-state index contributed by atoms with van der Waals surface area (Å²) < 4.78 is 6.81. The SMILES string of the molecule is O=C(NCC(O)c1ccco1)Nc1cnn(Cc2ccccc2)c1. The minimum Gasteiger partial charge on any atom is -0.467 e. The van der Waals surface area contributed by atoms with E-state index in [0.717, 1.165) is 5.56 Å². The Kier molecular flexibility index (Phi) is 4.93. The first-order valence-corrected chi connectivity index (χ1v) is 7.53. The average Bonchev–Trinajstić information content (AvgIpc) is 3.26. The van der Waals surface area contributed by atoms with E-state index < -0.39 is 12.1 Å². The summed E-state index contributed by atoms with van der Waals surface area (Å²) in [4.78, 5) is 11.9. The number of amides is 2. The van der Waals surface area contributed by atoms with E-state index in [4.69, 9.17) is 4.42 Å². The molecular formula is C17H18N4O3. The quantitative estimate of drug-likeness (QED) is 0.648. The number of rotatable bonds is 6. The van der Waals surface area contributed by atoms with E-state index in [1.165, 1.54) is 6.26 Å². The molecule has 0 bridgehead atoms. The van der Waals surface area contributed by atoms with Crippen LogP contribution in [-0.2, 0) is 6.54 Å². The zero-order valence-electron chi connectivity index (χ0n) is 12.9. The maximum atomic E-state index is 11.9. The fraction of sp³-hybridized carbons (Fsp3) is 0.176. The van der Waals surface area contributed by atoms with Crippen LogP contribution in [0.15, 0.2) is 65.5 Å². The molecule has 0 aliphatic rings. The summed E-state index contributed by atoms with van der Waals surface area (Å²) >= 11 is 0. The van der Waals surface area contributed by atoms with Crippen LogP contribution in [0.3, 0.4) is 0 Å². The number of anilines is 1. The van der Waals surface area contributed by atoms with E-state index in [2.05, 4.69) is 15.7 Å². The van der Waals surface area contributed by atoms with E-state index in [9.17, 15) is 9.90 Å². The van der Waals surface area contributed by atoms with Gasteiger partial charge in [0.1, 0.15) is 11.9 Å². The standard InChI is InChI=1S/C17H18N4O3/c22-15(16-7-4-8-24-16)10-18-17(23)20-14-9-19-21(12-14)11-13-5-2-1-3-6-13/h1-9,12,15,22H,10-11H2,(H2,18,20,23). The van der Waals surface area contributed by atoms with Gasteiger partial charge in [-0.15, -0.1) is 0 Å². The second-order valence-electron chi connectivity index (χ2n) is 5.28. The number of carbonyl (C=O) groups excluding carboxylic acids is 1. The second kappa shape index (κ2) is 7.47. The van der Waals surface area contributed by atoms with Crippen LogP contribution in [0.4, 0.5) is 10.5 Å². The number of nitrogens with one attached hydrogen (secondary N) is 2. The zero-order valence-corrected chi connectivity index (χ0v) is 12.9. The Morgan fingerprint density at radius 3 is 2.83 bits per heavy atom. The van der Waals surface area contributed by atoms with Crippen LogP contribution in [0.1, 0.15) is 17.4 Å². The van der Waals surface area contributed by atoms with Crippen LogP contribution in [-0.4, -0.2) is 27.5 Å². The third kappa shape index (κ3) is 4.23. The molecule has 2 heterocycles. The number of urea groups is 1. The second-order valence-corrected chi connectivity index (χ2v) is 5.28. The molecule has 2 amide bonds. The number of benzene rings is 1. The van der Waals surface area contributed by atoms with Gasteiger partial charge in [0.05, 0.1) is 31.2 Å². The summed E-state index contributed by atoms with van der Waals surface area (Å²) in [5.74, 6) is 0.408. The molecule has 0 radical (unpaired) electrons. The van der Waals surface area contributed by atoms with Crippen LogP contribution >= 0.6 is 0 Å². The molecule has 0 spiro atoms. The van der Waals surface area contributed by atoms with E-state index in [-0.39, 0.29) is 6.54 Å². The lowest BCUT2D eigenvalue weighted by Crippen LogP contribution is -2.32. The number of hydrogen-bond donors (Lipinski definition) is 3. The Labute approximate surface area is 138 Å². The van der Waals surface area contributed by atoms with Gasteiger partial charge in [-0.3, -0.25) is 4.68 Å². The fourth-order valence-corrected chi connectivity index (χ4v) is 2.23. The van der Waals surface area contributed by atoms with Gasteiger partial charge in [0.25, 0.3) is 0 Å². The van der Waals surface area contributed by atoms with Gasteiger partial charge < -0.3 is 20.2 Å². The summed E-state index contributed by atoms with van der Waals surface area (Å²) in [5.41, 5.74) is 1.70. The number of aliphatic hydroxyl groups is 1. The van der Waals surface area contributed by atoms with Crippen molar-refractivity contribution in [3.63, 3.8) is 0 Å². The van der Waals surface area contributed by atoms with Crippen LogP contribution in [0, 0.1) is 0 Å². The summed E-state index contributed by atoms with van der Waals surface area (Å²) in [6, 6.07) is 12.8. The summed E-state index contributed by atoms with van der Waals surface area (Å²) in [5, 5.41) is 19.3. The van der Waals surface area contributed by atoms with Gasteiger partial charge in [0.15, 0.2) is 0 Å². The molecule has 2 aromatic heterocycles. The Morgan fingerprint density at radius 1 is 1.25 bits per heavy atom. The Hall–Kier alpha value is -3.06. The smallest absolute Gasteiger partial charge is 0.319 e. The first-order chi connectivity index (χ1) is 11.7. The molecule has 124 valence electrons. The fourth-order valence-electron chi connectivity index (χ4n) is 2.23. The number of aliphatic hydroxyl groups excluding tert-OH is 1. The van der Waals surface area contributed by atoms with E-state index >= 15 is 0 Å². The van der Waals surface area contributed by atoms with Crippen molar-refractivity contribution < 1.29 is 14.3 Å². The van der Waals surface area contributed by atoms with Gasteiger partial charge in [-0.2, -0.15) is 5.10 Å². The van der Waals surface area contributed by atoms with Gasteiger partial charge >= 0.3 is 6.03 Å². The summed E-state index contributed by atoms with van der Waals surface area (Å²) in [6.45, 7) is 0.679. The third-order valence-corrected chi connectivity index (χ3v) is 3.41. The number of aromatic nitrogens is 2. The van der Waals surface area contributed by atoms with Crippen molar-refractivity contribution in [1.29, 1.82) is 0 Å². The molecule has 24 heavy (non-hydrogen) atoms. The van der Waals surface area contributed by atoms with Crippen LogP contribution in [0.2, 0.25) is 0 Å². The molecule has 0 fully saturated rings. The topological polar surface area (TPSA) is 92.3 Å². The Morgan fingerprint density at radius 2 is 2.08 bits per heavy atom. The molecular weight excluding hydrogens is 308 g/mol. The molecule has 3 N–H and O–H groups in total. The van der Waals surface area contributed by atoms with Crippen molar-refractivity contribution in [2.75, 3.05) is 11.9 Å². The molecule has 3 aromatic rings. The van der Waals surface area contributed by atoms with Gasteiger partial charge in [-0.05, 0) is 17.7 Å². The maximum absolute atomic E-state index is 11.9. The van der Waals surface area contributed by atoms with Crippen molar-refractivity contribution in [1.82, 2.24) is 15.1 Å². The van der Waals surface area contributed by atoms with E-state index in [1.54, 1.807) is 29.2 Å². The van der Waals surface area contributed by atoms with E-state index in [0.29, 0.717) is 18.0 Å². The highest BCUT2D eigenvalue weighted by Crippen LogP contribution is 2.12. The highest BCUT2D eigenvalue weighted by atomic mass is 16.4. The molecule has 1 aromatic carbocycles. The highest BCUT2D eigenvalue weighted by molar-refractivity contribution is 5.88. The van der Waals surface area contributed by atoms with Crippen LogP contribution in [0.25, 0.3) is 0 Å². The average molecular weight is 326 g/mol. The number of nitrogens with zero attached hydrogens (tertiary/aromatic N) is 2. The van der Waals surface area contributed by atoms with Gasteiger partial charge in [-0.25, -0.2) is 4.79 Å². The number of carbonyl (C=O) groups is 1. The van der Waals surface area contributed by atoms with Crippen molar-refractivity contribution >= 4 is 11.7 Å². The molecule has 0 saturated carbocycles. The monoisotopic (exact) mass is 326 g/mol. The number of hydrogen-bond acceptors (Lipinski definition) is 4. The van der Waals surface area contributed by atoms with E-state index in [1.807, 2.05) is 30.3 Å². The molecule has 7 nitrogen and oxygen atoms in total. The maximum Gasteiger partial charge on any atom is 0.319 e. The molecule has 0 aliphatic heterocycles. The molecule has 1 atom stereocenters. The molecule has 3 rings (SSSR count). The predicted octanol–water partition coefficient (Wildman–Crippen LogP) is 2.38. The van der Waals surface area contributed by atoms with Gasteiger partial charge in [0, 0.05) is 6.20 Å². The third-order valence-electron chi connectivity index (χ3n) is 3.41. The molecule has 1 unspecified atom stereocenters. The molecule has 0 aliphatic carbocycles. The Bertz CT molecular complexity index is 768. The normalized spacial score (nSPS) is 11.9. The zero-order chi connectivity index (χ0) is 16.8. The first-order valence-electron chi connectivity index (χ1n) is 7.53. The minimum atomic E-state index is -0.883. The van der Waals surface area contributed by atoms with Crippen LogP contribution < -0.4 is 10.6 Å². The van der Waals surface area contributed by atoms with Crippen LogP contribution in [0.5, 0.6) is 0 Å². The van der Waals surface area contributed by atoms with Crippen molar-refractivity contribution in [3.8, 4) is 0 Å². The summed E-state index contributed by atoms with van der Waals surface area (Å²) in [7, 11) is 0. The van der Waals surface area contributed by atoms with Gasteiger partial charge in [-0.1, -0.05) is 30.3 Å². The first kappa shape index (κ1) is 15.8. The molecule has 7 heteroatoms. The number of furan rings is 1. The lowest BCUT2D eigenvalue weighted by atomic mass is 10.2. The minimum absolute atomic E-state index is 0.0531. The van der Waals surface area contributed by atoms with Crippen molar-refractivity contribution in [2.24, 2.45) is 0 Å². The lowest BCUT2D eigenvalue weighted by molar-refractivity contribution is 0.149. The summed E-state index contributed by atoms with van der Waals surface area (Å²) in [6.07, 6.45) is 3.91. The largest absolute Gasteiger partial charge is 0.467 e. The van der Waals surface area contributed by atoms with Gasteiger partial charge in [0.2, 0.25) is 0 Å². The Balaban J connectivity index is 1.48. The molecule has 0 saturated heterocycles. The van der Waals surface area contributed by atoms with Crippen molar-refractivity contribution in [2.45, 2.75) is 12.6 Å². The lowest BCUT2D eigenvalue weighted by Gasteiger charge is -2.09. The highest BCUT2D eigenvalue weighted by Gasteiger charge is 2.12. The predicted molar refractivity (Wildman–Crippen MR) is 88.5 cm³/mol.